The number of benzene rings is 1. The Balaban J connectivity index is 2.23. The molecule has 1 atom stereocenters. The van der Waals surface area contributed by atoms with Crippen LogP contribution in [0.25, 0.3) is 11.5 Å². The number of nitrogens with zero attached hydrogens (tertiary/aromatic N) is 2. The molecular weight excluding hydrogens is 282 g/mol. The van der Waals surface area contributed by atoms with E-state index in [0.717, 1.165) is 16.6 Å². The summed E-state index contributed by atoms with van der Waals surface area (Å²) in [5.74, 6) is 1.16. The molecule has 1 heterocycles. The third kappa shape index (κ3) is 2.92. The average molecular weight is 296 g/mol. The van der Waals surface area contributed by atoms with Crippen LogP contribution in [-0.2, 0) is 0 Å². The number of hydrogen-bond donors (Lipinski definition) is 1. The van der Waals surface area contributed by atoms with Crippen LogP contribution in [0.3, 0.4) is 0 Å². The quantitative estimate of drug-likeness (QED) is 0.941. The molecule has 0 saturated heterocycles. The number of hydrogen-bond acceptors (Lipinski definition) is 4. The van der Waals surface area contributed by atoms with Gasteiger partial charge in [0.15, 0.2) is 0 Å². The monoisotopic (exact) mass is 295 g/mol. The molecule has 2 rings (SSSR count). The van der Waals surface area contributed by atoms with Crippen molar-refractivity contribution in [1.82, 2.24) is 15.5 Å². The van der Waals surface area contributed by atoms with E-state index < -0.39 is 0 Å². The Kier molecular flexibility index (Phi) is 3.91. The fourth-order valence-corrected chi connectivity index (χ4v) is 1.94. The van der Waals surface area contributed by atoms with Crippen molar-refractivity contribution in [3.8, 4) is 11.5 Å². The van der Waals surface area contributed by atoms with Gasteiger partial charge < -0.3 is 9.73 Å². The molecule has 90 valence electrons. The molecule has 0 saturated carbocycles. The molecule has 1 N–H and O–H groups in total. The predicted molar refractivity (Wildman–Crippen MR) is 69.5 cm³/mol. The fourth-order valence-electron chi connectivity index (χ4n) is 1.54. The summed E-state index contributed by atoms with van der Waals surface area (Å²) in [6.07, 6.45) is 0. The second-order valence-corrected chi connectivity index (χ2v) is 4.65. The number of nitrogens with one attached hydrogen (secondary N) is 1. The van der Waals surface area contributed by atoms with E-state index in [9.17, 15) is 0 Å². The van der Waals surface area contributed by atoms with E-state index in [1.165, 1.54) is 0 Å². The first-order valence-electron chi connectivity index (χ1n) is 5.53. The predicted octanol–water partition coefficient (Wildman–Crippen LogP) is 3.17. The molecule has 0 fully saturated rings. The molecule has 0 radical (unpaired) electrons. The third-order valence-corrected chi connectivity index (χ3v) is 2.89. The van der Waals surface area contributed by atoms with Crippen molar-refractivity contribution in [3.63, 3.8) is 0 Å². The molecule has 17 heavy (non-hydrogen) atoms. The van der Waals surface area contributed by atoms with E-state index in [4.69, 9.17) is 4.42 Å². The van der Waals surface area contributed by atoms with Crippen LogP contribution in [0, 0.1) is 0 Å². The second kappa shape index (κ2) is 5.42. The van der Waals surface area contributed by atoms with Crippen molar-refractivity contribution < 1.29 is 4.42 Å². The Morgan fingerprint density at radius 2 is 2.24 bits per heavy atom. The van der Waals surface area contributed by atoms with Crippen molar-refractivity contribution in [2.24, 2.45) is 0 Å². The van der Waals surface area contributed by atoms with Crippen molar-refractivity contribution >= 4 is 15.9 Å². The highest BCUT2D eigenvalue weighted by Gasteiger charge is 2.13. The van der Waals surface area contributed by atoms with Gasteiger partial charge in [-0.2, -0.15) is 0 Å². The van der Waals surface area contributed by atoms with E-state index in [0.29, 0.717) is 11.8 Å². The zero-order valence-corrected chi connectivity index (χ0v) is 11.4. The van der Waals surface area contributed by atoms with Gasteiger partial charge in [-0.05, 0) is 31.7 Å². The van der Waals surface area contributed by atoms with E-state index >= 15 is 0 Å². The number of rotatable bonds is 4. The van der Waals surface area contributed by atoms with Crippen LogP contribution in [0.5, 0.6) is 0 Å². The van der Waals surface area contributed by atoms with Gasteiger partial charge in [0.25, 0.3) is 0 Å². The lowest BCUT2D eigenvalue weighted by Crippen LogP contribution is -2.17. The maximum atomic E-state index is 5.63. The molecule has 0 amide bonds. The van der Waals surface area contributed by atoms with Crippen LogP contribution < -0.4 is 5.32 Å². The van der Waals surface area contributed by atoms with E-state index in [2.05, 4.69) is 31.4 Å². The Morgan fingerprint density at radius 1 is 1.41 bits per heavy atom. The summed E-state index contributed by atoms with van der Waals surface area (Å²) in [5.41, 5.74) is 0.918. The summed E-state index contributed by atoms with van der Waals surface area (Å²) in [7, 11) is 0. The van der Waals surface area contributed by atoms with Crippen molar-refractivity contribution in [3.05, 3.63) is 34.6 Å². The van der Waals surface area contributed by atoms with Crippen molar-refractivity contribution in [2.75, 3.05) is 6.54 Å². The van der Waals surface area contributed by atoms with Crippen LogP contribution in [0.15, 0.2) is 33.2 Å². The zero-order valence-electron chi connectivity index (χ0n) is 9.77. The maximum Gasteiger partial charge on any atom is 0.247 e. The zero-order chi connectivity index (χ0) is 12.3. The highest BCUT2D eigenvalue weighted by atomic mass is 79.9. The molecule has 5 heteroatoms. The van der Waals surface area contributed by atoms with Gasteiger partial charge in [0.05, 0.1) is 6.04 Å². The normalized spacial score (nSPS) is 12.6. The average Bonchev–Trinajstić information content (AvgIpc) is 2.78. The topological polar surface area (TPSA) is 51.0 Å². The lowest BCUT2D eigenvalue weighted by molar-refractivity contribution is 0.429. The third-order valence-electron chi connectivity index (χ3n) is 2.39. The fraction of sp³-hybridized carbons (Fsp3) is 0.333. The Bertz CT molecular complexity index is 498. The molecule has 0 aliphatic rings. The lowest BCUT2D eigenvalue weighted by Gasteiger charge is -2.05. The van der Waals surface area contributed by atoms with Crippen molar-refractivity contribution in [1.29, 1.82) is 0 Å². The van der Waals surface area contributed by atoms with Gasteiger partial charge in [-0.3, -0.25) is 0 Å². The summed E-state index contributed by atoms with van der Waals surface area (Å²) in [6.45, 7) is 4.92. The van der Waals surface area contributed by atoms with E-state index in [1.807, 2.05) is 38.1 Å². The van der Waals surface area contributed by atoms with Gasteiger partial charge in [-0.25, -0.2) is 0 Å². The molecule has 1 aromatic carbocycles. The number of aromatic nitrogens is 2. The smallest absolute Gasteiger partial charge is 0.247 e. The van der Waals surface area contributed by atoms with Crippen LogP contribution in [0.1, 0.15) is 25.8 Å². The highest BCUT2D eigenvalue weighted by Crippen LogP contribution is 2.23. The molecule has 0 spiro atoms. The van der Waals surface area contributed by atoms with E-state index in [1.54, 1.807) is 0 Å². The van der Waals surface area contributed by atoms with Gasteiger partial charge >= 0.3 is 0 Å². The Labute approximate surface area is 109 Å². The van der Waals surface area contributed by atoms with E-state index in [-0.39, 0.29) is 6.04 Å². The van der Waals surface area contributed by atoms with Crippen LogP contribution >= 0.6 is 15.9 Å². The largest absolute Gasteiger partial charge is 0.419 e. The first-order chi connectivity index (χ1) is 8.20. The summed E-state index contributed by atoms with van der Waals surface area (Å²) >= 11 is 3.42. The molecule has 1 unspecified atom stereocenters. The molecule has 1 aromatic heterocycles. The van der Waals surface area contributed by atoms with Gasteiger partial charge in [-0.15, -0.1) is 10.2 Å². The Morgan fingerprint density at radius 3 is 2.94 bits per heavy atom. The minimum Gasteiger partial charge on any atom is -0.419 e. The van der Waals surface area contributed by atoms with Gasteiger partial charge in [0.1, 0.15) is 0 Å². The lowest BCUT2D eigenvalue weighted by atomic mass is 10.2. The summed E-state index contributed by atoms with van der Waals surface area (Å²) < 4.78 is 6.63. The molecule has 0 bridgehead atoms. The number of halogens is 1. The first-order valence-corrected chi connectivity index (χ1v) is 6.32. The minimum absolute atomic E-state index is 0.0772. The molecular formula is C12H14BrN3O. The second-order valence-electron chi connectivity index (χ2n) is 3.74. The first kappa shape index (κ1) is 12.3. The molecule has 2 aromatic rings. The van der Waals surface area contributed by atoms with Gasteiger partial charge in [-0.1, -0.05) is 28.9 Å². The molecule has 4 nitrogen and oxygen atoms in total. The highest BCUT2D eigenvalue weighted by molar-refractivity contribution is 9.10. The molecule has 0 aliphatic carbocycles. The van der Waals surface area contributed by atoms with Crippen molar-refractivity contribution in [2.45, 2.75) is 19.9 Å². The summed E-state index contributed by atoms with van der Waals surface area (Å²) in [5, 5.41) is 11.3. The Hall–Kier alpha value is -1.20. The van der Waals surface area contributed by atoms with Gasteiger partial charge in [0, 0.05) is 10.0 Å². The standard InChI is InChI=1S/C12H14BrN3O/c1-3-14-8(2)11-15-16-12(17-11)9-5-4-6-10(13)7-9/h4-8,14H,3H2,1-2H3. The van der Waals surface area contributed by atoms with Crippen LogP contribution in [0.2, 0.25) is 0 Å². The van der Waals surface area contributed by atoms with Gasteiger partial charge in [0.2, 0.25) is 11.8 Å². The summed E-state index contributed by atoms with van der Waals surface area (Å²) in [6, 6.07) is 7.88. The maximum absolute atomic E-state index is 5.63. The van der Waals surface area contributed by atoms with Crippen LogP contribution in [0.4, 0.5) is 0 Å². The summed E-state index contributed by atoms with van der Waals surface area (Å²) in [4.78, 5) is 0. The SMILES string of the molecule is CCNC(C)c1nnc(-c2cccc(Br)c2)o1. The van der Waals surface area contributed by atoms with Crippen LogP contribution in [-0.4, -0.2) is 16.7 Å². The minimum atomic E-state index is 0.0772. The molecule has 0 aliphatic heterocycles.